The van der Waals surface area contributed by atoms with Crippen molar-refractivity contribution < 1.29 is 0 Å². The molecule has 0 spiro atoms. The lowest BCUT2D eigenvalue weighted by Gasteiger charge is -2.34. The Balaban J connectivity index is 2.26. The lowest BCUT2D eigenvalue weighted by atomic mass is 9.94. The molecule has 1 heterocycles. The van der Waals surface area contributed by atoms with E-state index in [1.165, 1.54) is 17.5 Å². The molecule has 14 heavy (non-hydrogen) atoms. The minimum absolute atomic E-state index is 0.540. The molecule has 1 atom stereocenters. The van der Waals surface area contributed by atoms with Crippen LogP contribution in [0.15, 0.2) is 36.9 Å². The zero-order valence-corrected chi connectivity index (χ0v) is 8.74. The summed E-state index contributed by atoms with van der Waals surface area (Å²) in [5, 5.41) is 0. The van der Waals surface area contributed by atoms with Crippen LogP contribution in [0.4, 0.5) is 0 Å². The Bertz CT molecular complexity index is 330. The van der Waals surface area contributed by atoms with Crippen molar-refractivity contribution >= 4 is 0 Å². The maximum absolute atomic E-state index is 3.80. The molecule has 1 aliphatic heterocycles. The molecule has 0 amide bonds. The highest BCUT2D eigenvalue weighted by Gasteiger charge is 2.21. The van der Waals surface area contributed by atoms with Crippen molar-refractivity contribution in [3.63, 3.8) is 0 Å². The average Bonchev–Trinajstić information content (AvgIpc) is 2.23. The van der Waals surface area contributed by atoms with Crippen molar-refractivity contribution in [1.29, 1.82) is 0 Å². The highest BCUT2D eigenvalue weighted by atomic mass is 15.1. The lowest BCUT2D eigenvalue weighted by molar-refractivity contribution is 0.221. The van der Waals surface area contributed by atoms with Gasteiger partial charge < -0.3 is 0 Å². The first-order valence-electron chi connectivity index (χ1n) is 5.25. The van der Waals surface area contributed by atoms with Gasteiger partial charge in [-0.25, -0.2) is 0 Å². The number of nitrogens with zero attached hydrogens (tertiary/aromatic N) is 1. The number of hydrogen-bond acceptors (Lipinski definition) is 1. The van der Waals surface area contributed by atoms with Crippen molar-refractivity contribution in [3.8, 4) is 0 Å². The monoisotopic (exact) mass is 187 g/mol. The normalized spacial score (nSPS) is 21.6. The van der Waals surface area contributed by atoms with Gasteiger partial charge in [0.15, 0.2) is 0 Å². The predicted molar refractivity (Wildman–Crippen MR) is 60.3 cm³/mol. The van der Waals surface area contributed by atoms with E-state index in [4.69, 9.17) is 0 Å². The van der Waals surface area contributed by atoms with Gasteiger partial charge in [-0.05, 0) is 24.5 Å². The Morgan fingerprint density at radius 2 is 2.29 bits per heavy atom. The van der Waals surface area contributed by atoms with E-state index in [0.29, 0.717) is 6.04 Å². The van der Waals surface area contributed by atoms with Crippen LogP contribution in [0.5, 0.6) is 0 Å². The first kappa shape index (κ1) is 9.47. The van der Waals surface area contributed by atoms with Crippen molar-refractivity contribution in [3.05, 3.63) is 48.0 Å². The van der Waals surface area contributed by atoms with Crippen LogP contribution in [-0.4, -0.2) is 18.0 Å². The summed E-state index contributed by atoms with van der Waals surface area (Å²) >= 11 is 0. The van der Waals surface area contributed by atoms with Crippen LogP contribution in [-0.2, 0) is 6.42 Å². The lowest BCUT2D eigenvalue weighted by Crippen LogP contribution is -2.33. The van der Waals surface area contributed by atoms with Crippen LogP contribution < -0.4 is 0 Å². The average molecular weight is 187 g/mol. The van der Waals surface area contributed by atoms with Crippen molar-refractivity contribution in [2.24, 2.45) is 0 Å². The van der Waals surface area contributed by atoms with Crippen LogP contribution in [0, 0.1) is 0 Å². The molecule has 74 valence electrons. The molecule has 0 N–H and O–H groups in total. The number of fused-ring (bicyclic) bond motifs is 1. The fraction of sp³-hybridized carbons (Fsp3) is 0.385. The summed E-state index contributed by atoms with van der Waals surface area (Å²) in [5.41, 5.74) is 3.00. The Kier molecular flexibility index (Phi) is 2.69. The van der Waals surface area contributed by atoms with Gasteiger partial charge in [0, 0.05) is 19.1 Å². The van der Waals surface area contributed by atoms with E-state index in [2.05, 4.69) is 42.7 Å². The van der Waals surface area contributed by atoms with Crippen LogP contribution in [0.25, 0.3) is 0 Å². The largest absolute Gasteiger partial charge is 0.293 e. The molecule has 0 aliphatic carbocycles. The third-order valence-electron chi connectivity index (χ3n) is 3.08. The summed E-state index contributed by atoms with van der Waals surface area (Å²) in [6, 6.07) is 9.30. The van der Waals surface area contributed by atoms with E-state index in [-0.39, 0.29) is 0 Å². The summed E-state index contributed by atoms with van der Waals surface area (Å²) < 4.78 is 0. The van der Waals surface area contributed by atoms with E-state index >= 15 is 0 Å². The zero-order chi connectivity index (χ0) is 9.97. The molecule has 0 fully saturated rings. The van der Waals surface area contributed by atoms with E-state index < -0.39 is 0 Å². The SMILES string of the molecule is C=CCN1CCc2ccccc2C1C. The highest BCUT2D eigenvalue weighted by Crippen LogP contribution is 2.28. The molecule has 1 aromatic rings. The molecule has 0 radical (unpaired) electrons. The van der Waals surface area contributed by atoms with Crippen molar-refractivity contribution in [2.75, 3.05) is 13.1 Å². The quantitative estimate of drug-likeness (QED) is 0.643. The second-order valence-electron chi connectivity index (χ2n) is 3.91. The molecule has 1 aromatic carbocycles. The Morgan fingerprint density at radius 3 is 3.07 bits per heavy atom. The van der Waals surface area contributed by atoms with E-state index in [9.17, 15) is 0 Å². The van der Waals surface area contributed by atoms with Gasteiger partial charge in [0.25, 0.3) is 0 Å². The molecular formula is C13H17N. The van der Waals surface area contributed by atoms with Crippen LogP contribution in [0.3, 0.4) is 0 Å². The number of hydrogen-bond donors (Lipinski definition) is 0. The smallest absolute Gasteiger partial charge is 0.0326 e. The molecule has 1 aliphatic rings. The van der Waals surface area contributed by atoms with Gasteiger partial charge in [-0.15, -0.1) is 6.58 Å². The summed E-state index contributed by atoms with van der Waals surface area (Å²) in [7, 11) is 0. The van der Waals surface area contributed by atoms with Gasteiger partial charge in [-0.2, -0.15) is 0 Å². The van der Waals surface area contributed by atoms with Gasteiger partial charge in [0.05, 0.1) is 0 Å². The molecule has 1 nitrogen and oxygen atoms in total. The van der Waals surface area contributed by atoms with Crippen molar-refractivity contribution in [1.82, 2.24) is 4.90 Å². The molecule has 1 heteroatoms. The Labute approximate surface area is 86.1 Å². The van der Waals surface area contributed by atoms with Gasteiger partial charge in [-0.3, -0.25) is 4.90 Å². The van der Waals surface area contributed by atoms with Crippen molar-refractivity contribution in [2.45, 2.75) is 19.4 Å². The number of benzene rings is 1. The summed E-state index contributed by atoms with van der Waals surface area (Å²) in [4.78, 5) is 2.47. The first-order chi connectivity index (χ1) is 6.83. The summed E-state index contributed by atoms with van der Waals surface area (Å²) in [5.74, 6) is 0. The van der Waals surface area contributed by atoms with Gasteiger partial charge in [0.1, 0.15) is 0 Å². The zero-order valence-electron chi connectivity index (χ0n) is 8.74. The predicted octanol–water partition coefficient (Wildman–Crippen LogP) is 2.79. The molecule has 2 rings (SSSR count). The Morgan fingerprint density at radius 1 is 1.50 bits per heavy atom. The third-order valence-corrected chi connectivity index (χ3v) is 3.08. The molecule has 0 saturated heterocycles. The second-order valence-corrected chi connectivity index (χ2v) is 3.91. The number of rotatable bonds is 2. The fourth-order valence-electron chi connectivity index (χ4n) is 2.24. The second kappa shape index (κ2) is 3.97. The topological polar surface area (TPSA) is 3.24 Å². The third kappa shape index (κ3) is 1.60. The minimum Gasteiger partial charge on any atom is -0.293 e. The standard InChI is InChI=1S/C13H17N/c1-3-9-14-10-8-12-6-4-5-7-13(12)11(14)2/h3-7,11H,1,8-10H2,2H3. The van der Waals surface area contributed by atoms with Gasteiger partial charge >= 0.3 is 0 Å². The van der Waals surface area contributed by atoms with Gasteiger partial charge in [0.2, 0.25) is 0 Å². The van der Waals surface area contributed by atoms with E-state index in [1.807, 2.05) is 6.08 Å². The maximum Gasteiger partial charge on any atom is 0.0326 e. The molecular weight excluding hydrogens is 170 g/mol. The molecule has 0 bridgehead atoms. The van der Waals surface area contributed by atoms with Crippen LogP contribution in [0.2, 0.25) is 0 Å². The van der Waals surface area contributed by atoms with E-state index in [1.54, 1.807) is 0 Å². The van der Waals surface area contributed by atoms with Gasteiger partial charge in [-0.1, -0.05) is 30.3 Å². The Hall–Kier alpha value is -1.08. The maximum atomic E-state index is 3.80. The minimum atomic E-state index is 0.540. The molecule has 0 saturated carbocycles. The molecule has 0 aromatic heterocycles. The van der Waals surface area contributed by atoms with Crippen LogP contribution >= 0.6 is 0 Å². The summed E-state index contributed by atoms with van der Waals surface area (Å²) in [6.07, 6.45) is 3.17. The fourth-order valence-corrected chi connectivity index (χ4v) is 2.24. The summed E-state index contributed by atoms with van der Waals surface area (Å²) in [6.45, 7) is 8.24. The van der Waals surface area contributed by atoms with Crippen LogP contribution in [0.1, 0.15) is 24.1 Å². The molecule has 1 unspecified atom stereocenters. The van der Waals surface area contributed by atoms with E-state index in [0.717, 1.165) is 13.1 Å². The highest BCUT2D eigenvalue weighted by molar-refractivity contribution is 5.32. The first-order valence-corrected chi connectivity index (χ1v) is 5.25.